The van der Waals surface area contributed by atoms with Gasteiger partial charge in [0.1, 0.15) is 11.4 Å². The lowest BCUT2D eigenvalue weighted by molar-refractivity contribution is -0.131. The van der Waals surface area contributed by atoms with E-state index in [1.165, 1.54) is 24.3 Å². The largest absolute Gasteiger partial charge is 0.345 e. The summed E-state index contributed by atoms with van der Waals surface area (Å²) in [5, 5.41) is 2.73. The van der Waals surface area contributed by atoms with E-state index in [0.717, 1.165) is 29.1 Å². The number of carbonyl (C=O) groups is 3. The molecule has 6 nitrogen and oxygen atoms in total. The first-order valence-electron chi connectivity index (χ1n) is 9.90. The second-order valence-electron chi connectivity index (χ2n) is 7.90. The highest BCUT2D eigenvalue weighted by molar-refractivity contribution is 6.11. The Bertz CT molecular complexity index is 1010. The van der Waals surface area contributed by atoms with Crippen LogP contribution in [0.2, 0.25) is 0 Å². The second kappa shape index (κ2) is 6.83. The van der Waals surface area contributed by atoms with Crippen molar-refractivity contribution in [3.05, 3.63) is 58.7 Å². The number of hydrogen-bond acceptors (Lipinski definition) is 3. The van der Waals surface area contributed by atoms with Crippen LogP contribution in [0.5, 0.6) is 0 Å². The summed E-state index contributed by atoms with van der Waals surface area (Å²) < 4.78 is 15.5. The number of aromatic nitrogens is 1. The molecule has 1 aliphatic heterocycles. The van der Waals surface area contributed by atoms with Crippen molar-refractivity contribution in [2.45, 2.75) is 51.6 Å². The van der Waals surface area contributed by atoms with Gasteiger partial charge in [-0.1, -0.05) is 19.1 Å². The number of rotatable bonds is 6. The van der Waals surface area contributed by atoms with Gasteiger partial charge in [-0.25, -0.2) is 9.18 Å². The minimum Gasteiger partial charge on any atom is -0.345 e. The van der Waals surface area contributed by atoms with Crippen LogP contribution in [0.25, 0.3) is 0 Å². The van der Waals surface area contributed by atoms with Gasteiger partial charge in [-0.2, -0.15) is 0 Å². The standard InChI is InChI=1S/C22H24FN3O3/c1-4-22(15-5-7-16(23)8-6-15)20(28)25(21(29)24-22)12-19(27)18-11-13(2)26(14(18)3)17-9-10-17/h5-8,11,17H,4,9-10,12H2,1-3H3,(H,24,29)/t22-/m1/s1. The van der Waals surface area contributed by atoms with Crippen molar-refractivity contribution in [3.63, 3.8) is 0 Å². The topological polar surface area (TPSA) is 71.4 Å². The van der Waals surface area contributed by atoms with Crippen molar-refractivity contribution in [3.8, 4) is 0 Å². The number of amides is 3. The van der Waals surface area contributed by atoms with Crippen LogP contribution in [-0.2, 0) is 10.3 Å². The highest BCUT2D eigenvalue weighted by atomic mass is 19.1. The van der Waals surface area contributed by atoms with Gasteiger partial charge in [0.2, 0.25) is 0 Å². The van der Waals surface area contributed by atoms with Gasteiger partial charge in [-0.15, -0.1) is 0 Å². The number of urea groups is 1. The number of benzene rings is 1. The van der Waals surface area contributed by atoms with E-state index in [1.807, 2.05) is 19.9 Å². The maximum atomic E-state index is 13.3. The Labute approximate surface area is 168 Å². The number of imide groups is 1. The maximum Gasteiger partial charge on any atom is 0.325 e. The lowest BCUT2D eigenvalue weighted by atomic mass is 9.87. The molecule has 2 aromatic rings. The molecule has 4 rings (SSSR count). The Morgan fingerprint density at radius 2 is 1.86 bits per heavy atom. The molecule has 0 spiro atoms. The quantitative estimate of drug-likeness (QED) is 0.598. The SMILES string of the molecule is CC[C@]1(c2ccc(F)cc2)NC(=O)N(CC(=O)c2cc(C)n(C3CC3)c2C)C1=O. The van der Waals surface area contributed by atoms with Gasteiger partial charge in [-0.3, -0.25) is 14.5 Å². The third kappa shape index (κ3) is 3.05. The first kappa shape index (κ1) is 19.4. The van der Waals surface area contributed by atoms with Crippen LogP contribution < -0.4 is 5.32 Å². The minimum absolute atomic E-state index is 0.264. The molecule has 1 aliphatic carbocycles. The van der Waals surface area contributed by atoms with E-state index < -0.39 is 23.3 Å². The van der Waals surface area contributed by atoms with Gasteiger partial charge in [0.05, 0.1) is 6.54 Å². The average Bonchev–Trinajstić information content (AvgIpc) is 3.43. The average molecular weight is 397 g/mol. The van der Waals surface area contributed by atoms with Crippen molar-refractivity contribution in [1.82, 2.24) is 14.8 Å². The molecule has 0 radical (unpaired) electrons. The summed E-state index contributed by atoms with van der Waals surface area (Å²) in [5.41, 5.74) is 1.66. The van der Waals surface area contributed by atoms with Crippen LogP contribution in [0.15, 0.2) is 30.3 Å². The van der Waals surface area contributed by atoms with Gasteiger partial charge in [-0.05, 0) is 56.9 Å². The monoisotopic (exact) mass is 397 g/mol. The maximum absolute atomic E-state index is 13.3. The molecule has 1 atom stereocenters. The third-order valence-corrected chi connectivity index (χ3v) is 6.04. The fourth-order valence-electron chi connectivity index (χ4n) is 4.33. The van der Waals surface area contributed by atoms with Gasteiger partial charge in [0.15, 0.2) is 5.78 Å². The lowest BCUT2D eigenvalue weighted by Gasteiger charge is -2.25. The Kier molecular flexibility index (Phi) is 4.56. The van der Waals surface area contributed by atoms with Crippen molar-refractivity contribution >= 4 is 17.7 Å². The van der Waals surface area contributed by atoms with Crippen LogP contribution in [-0.4, -0.2) is 33.7 Å². The summed E-state index contributed by atoms with van der Waals surface area (Å²) in [6.07, 6.45) is 2.51. The lowest BCUT2D eigenvalue weighted by Crippen LogP contribution is -2.43. The molecule has 2 heterocycles. The number of carbonyl (C=O) groups excluding carboxylic acids is 3. The number of aryl methyl sites for hydroxylation is 1. The first-order chi connectivity index (χ1) is 13.8. The molecular formula is C22H24FN3O3. The molecule has 1 N–H and O–H groups in total. The molecule has 29 heavy (non-hydrogen) atoms. The van der Waals surface area contributed by atoms with Gasteiger partial charge in [0, 0.05) is 23.0 Å². The fourth-order valence-corrected chi connectivity index (χ4v) is 4.33. The van der Waals surface area contributed by atoms with E-state index in [-0.39, 0.29) is 12.3 Å². The molecule has 1 saturated heterocycles. The Hall–Kier alpha value is -2.96. The highest BCUT2D eigenvalue weighted by Crippen LogP contribution is 2.38. The summed E-state index contributed by atoms with van der Waals surface area (Å²) in [7, 11) is 0. The van der Waals surface area contributed by atoms with E-state index in [0.29, 0.717) is 23.6 Å². The van der Waals surface area contributed by atoms with Crippen LogP contribution in [0.3, 0.4) is 0 Å². The summed E-state index contributed by atoms with van der Waals surface area (Å²) in [6, 6.07) is 7.17. The van der Waals surface area contributed by atoms with Crippen LogP contribution in [0.1, 0.15) is 59.5 Å². The highest BCUT2D eigenvalue weighted by Gasteiger charge is 2.51. The van der Waals surface area contributed by atoms with Crippen LogP contribution >= 0.6 is 0 Å². The van der Waals surface area contributed by atoms with E-state index in [4.69, 9.17) is 0 Å². The summed E-state index contributed by atoms with van der Waals surface area (Å²) in [5.74, 6) is -1.17. The molecule has 2 fully saturated rings. The second-order valence-corrected chi connectivity index (χ2v) is 7.90. The molecular weight excluding hydrogens is 373 g/mol. The molecule has 1 aromatic heterocycles. The molecule has 7 heteroatoms. The predicted molar refractivity (Wildman–Crippen MR) is 105 cm³/mol. The molecule has 0 bridgehead atoms. The molecule has 3 amide bonds. The van der Waals surface area contributed by atoms with Crippen molar-refractivity contribution in [2.24, 2.45) is 0 Å². The molecule has 0 unspecified atom stereocenters. The zero-order chi connectivity index (χ0) is 20.9. The van der Waals surface area contributed by atoms with E-state index in [9.17, 15) is 18.8 Å². The Balaban J connectivity index is 1.60. The third-order valence-electron chi connectivity index (χ3n) is 6.04. The zero-order valence-corrected chi connectivity index (χ0v) is 16.8. The van der Waals surface area contributed by atoms with E-state index in [2.05, 4.69) is 9.88 Å². The van der Waals surface area contributed by atoms with E-state index in [1.54, 1.807) is 6.92 Å². The molecule has 1 saturated carbocycles. The van der Waals surface area contributed by atoms with Gasteiger partial charge >= 0.3 is 6.03 Å². The van der Waals surface area contributed by atoms with Crippen LogP contribution in [0, 0.1) is 19.7 Å². The number of hydrogen-bond donors (Lipinski definition) is 1. The Morgan fingerprint density at radius 1 is 1.21 bits per heavy atom. The van der Waals surface area contributed by atoms with Crippen molar-refractivity contribution in [1.29, 1.82) is 0 Å². The number of Topliss-reactive ketones (excluding diaryl/α,β-unsaturated/α-hetero) is 1. The summed E-state index contributed by atoms with van der Waals surface area (Å²) in [4.78, 5) is 39.7. The van der Waals surface area contributed by atoms with Gasteiger partial charge in [0.25, 0.3) is 5.91 Å². The zero-order valence-electron chi connectivity index (χ0n) is 16.8. The fraction of sp³-hybridized carbons (Fsp3) is 0.409. The number of nitrogens with one attached hydrogen (secondary N) is 1. The Morgan fingerprint density at radius 3 is 2.45 bits per heavy atom. The molecule has 1 aromatic carbocycles. The van der Waals surface area contributed by atoms with Crippen LogP contribution in [0.4, 0.5) is 9.18 Å². The van der Waals surface area contributed by atoms with Crippen molar-refractivity contribution < 1.29 is 18.8 Å². The predicted octanol–water partition coefficient (Wildman–Crippen LogP) is 3.62. The number of nitrogens with zero attached hydrogens (tertiary/aromatic N) is 2. The minimum atomic E-state index is -1.28. The van der Waals surface area contributed by atoms with Crippen molar-refractivity contribution in [2.75, 3.05) is 6.54 Å². The number of halogens is 1. The smallest absolute Gasteiger partial charge is 0.325 e. The molecule has 2 aliphatic rings. The normalized spacial score (nSPS) is 21.6. The van der Waals surface area contributed by atoms with E-state index >= 15 is 0 Å². The summed E-state index contributed by atoms with van der Waals surface area (Å²) >= 11 is 0. The molecule has 152 valence electrons. The summed E-state index contributed by atoms with van der Waals surface area (Å²) in [6.45, 7) is 5.32. The van der Waals surface area contributed by atoms with Gasteiger partial charge < -0.3 is 9.88 Å². The first-order valence-corrected chi connectivity index (χ1v) is 9.90. The number of ketones is 1.